The molecule has 0 fully saturated rings. The van der Waals surface area contributed by atoms with Crippen LogP contribution in [0.3, 0.4) is 0 Å². The molecule has 176 valence electrons. The SMILES string of the molecule is COOSc1ccc2ccn(-c3ccc(NC(=O)NS(=O)(=O)c4ccc(Cl)s4)cn3)c(=O)c2c1. The highest BCUT2D eigenvalue weighted by Crippen LogP contribution is 2.25. The molecule has 34 heavy (non-hydrogen) atoms. The first kappa shape index (κ1) is 24.2. The third kappa shape index (κ3) is 5.41. The fraction of sp³-hybridized carbons (Fsp3) is 0.0500. The van der Waals surface area contributed by atoms with Crippen molar-refractivity contribution in [1.82, 2.24) is 14.3 Å². The van der Waals surface area contributed by atoms with Crippen molar-refractivity contribution in [2.24, 2.45) is 0 Å². The number of benzene rings is 1. The van der Waals surface area contributed by atoms with E-state index in [1.54, 1.807) is 30.5 Å². The number of carbonyl (C=O) groups is 1. The third-order valence-corrected chi connectivity index (χ3v) is 8.07. The maximum atomic E-state index is 13.0. The molecule has 0 aliphatic rings. The van der Waals surface area contributed by atoms with E-state index in [9.17, 15) is 18.0 Å². The second-order valence-electron chi connectivity index (χ2n) is 6.58. The van der Waals surface area contributed by atoms with Crippen LogP contribution in [0.4, 0.5) is 10.5 Å². The van der Waals surface area contributed by atoms with Gasteiger partial charge in [0.1, 0.15) is 10.0 Å². The Morgan fingerprint density at radius 2 is 2.00 bits per heavy atom. The zero-order valence-corrected chi connectivity index (χ0v) is 20.4. The first-order chi connectivity index (χ1) is 16.3. The molecule has 0 saturated heterocycles. The summed E-state index contributed by atoms with van der Waals surface area (Å²) in [5.74, 6) is 0.310. The largest absolute Gasteiger partial charge is 0.333 e. The van der Waals surface area contributed by atoms with Gasteiger partial charge >= 0.3 is 6.03 Å². The van der Waals surface area contributed by atoms with Crippen molar-refractivity contribution in [3.05, 3.63) is 75.6 Å². The zero-order valence-electron chi connectivity index (χ0n) is 17.2. The van der Waals surface area contributed by atoms with E-state index in [1.807, 2.05) is 4.72 Å². The topological polar surface area (TPSA) is 129 Å². The van der Waals surface area contributed by atoms with E-state index in [1.165, 1.54) is 42.1 Å². The van der Waals surface area contributed by atoms with Gasteiger partial charge in [-0.15, -0.1) is 11.3 Å². The molecular formula is C20H15ClN4O6S3. The van der Waals surface area contributed by atoms with Gasteiger partial charge in [0.05, 0.1) is 35.4 Å². The maximum absolute atomic E-state index is 13.0. The lowest BCUT2D eigenvalue weighted by atomic mass is 10.2. The highest BCUT2D eigenvalue weighted by molar-refractivity contribution is 7.94. The van der Waals surface area contributed by atoms with Gasteiger partial charge in [0.2, 0.25) is 0 Å². The number of hydrogen-bond acceptors (Lipinski definition) is 9. The van der Waals surface area contributed by atoms with Crippen LogP contribution in [0, 0.1) is 0 Å². The van der Waals surface area contributed by atoms with Crippen molar-refractivity contribution in [3.63, 3.8) is 0 Å². The molecule has 3 heterocycles. The van der Waals surface area contributed by atoms with Crippen LogP contribution in [0.2, 0.25) is 4.34 Å². The smallest absolute Gasteiger partial charge is 0.306 e. The molecule has 0 unspecified atom stereocenters. The molecule has 0 saturated carbocycles. The van der Waals surface area contributed by atoms with Gasteiger partial charge in [-0.1, -0.05) is 17.7 Å². The predicted molar refractivity (Wildman–Crippen MR) is 130 cm³/mol. The summed E-state index contributed by atoms with van der Waals surface area (Å²) in [5, 5.41) is 3.58. The number of nitrogens with one attached hydrogen (secondary N) is 2. The van der Waals surface area contributed by atoms with Crippen LogP contribution in [0.15, 0.2) is 74.8 Å². The molecule has 2 amide bonds. The van der Waals surface area contributed by atoms with E-state index in [4.69, 9.17) is 15.9 Å². The molecule has 10 nitrogen and oxygen atoms in total. The summed E-state index contributed by atoms with van der Waals surface area (Å²) < 4.78 is 32.7. The van der Waals surface area contributed by atoms with Crippen LogP contribution in [0.1, 0.15) is 0 Å². The van der Waals surface area contributed by atoms with Gasteiger partial charge in [-0.25, -0.2) is 27.8 Å². The van der Waals surface area contributed by atoms with Crippen LogP contribution < -0.4 is 15.6 Å². The molecule has 0 radical (unpaired) electrons. The molecule has 2 N–H and O–H groups in total. The number of carbonyl (C=O) groups excluding carboxylic acids is 1. The molecule has 0 atom stereocenters. The summed E-state index contributed by atoms with van der Waals surface area (Å²) in [6, 6.07) is 11.8. The number of thiophene rings is 1. The van der Waals surface area contributed by atoms with E-state index in [-0.39, 0.29) is 19.8 Å². The van der Waals surface area contributed by atoms with Crippen molar-refractivity contribution in [2.75, 3.05) is 12.4 Å². The van der Waals surface area contributed by atoms with Crippen LogP contribution in [-0.4, -0.2) is 31.1 Å². The number of rotatable bonds is 7. The Kier molecular flexibility index (Phi) is 7.21. The minimum absolute atomic E-state index is 0.0906. The standard InChI is InChI=1S/C20H15ClN4O6S3/c1-30-31-33-14-4-2-12-8-9-25(19(26)15(12)10-14)17-6-3-13(11-22-17)23-20(27)24-34(28,29)18-7-5-16(21)32-18/h2-11H,1H3,(H2,23,24,27). The molecule has 1 aromatic carbocycles. The highest BCUT2D eigenvalue weighted by Gasteiger charge is 2.20. The number of hydrogen-bond donors (Lipinski definition) is 2. The Labute approximate surface area is 206 Å². The van der Waals surface area contributed by atoms with E-state index in [0.29, 0.717) is 16.1 Å². The molecule has 14 heteroatoms. The summed E-state index contributed by atoms with van der Waals surface area (Å²) >= 11 is 7.55. The van der Waals surface area contributed by atoms with Gasteiger partial charge < -0.3 is 5.32 Å². The van der Waals surface area contributed by atoms with Crippen molar-refractivity contribution in [2.45, 2.75) is 9.10 Å². The van der Waals surface area contributed by atoms with Crippen LogP contribution in [0.5, 0.6) is 0 Å². The first-order valence-electron chi connectivity index (χ1n) is 9.35. The van der Waals surface area contributed by atoms with Gasteiger partial charge in [0, 0.05) is 16.5 Å². The molecular weight excluding hydrogens is 524 g/mol. The fourth-order valence-electron chi connectivity index (χ4n) is 2.90. The highest BCUT2D eigenvalue weighted by atomic mass is 35.5. The summed E-state index contributed by atoms with van der Waals surface area (Å²) in [6.45, 7) is 0. The van der Waals surface area contributed by atoms with Crippen molar-refractivity contribution in [3.8, 4) is 5.82 Å². The minimum Gasteiger partial charge on any atom is -0.306 e. The van der Waals surface area contributed by atoms with E-state index in [2.05, 4.69) is 15.2 Å². The summed E-state index contributed by atoms with van der Waals surface area (Å²) in [5.41, 5.74) is -0.0751. The van der Waals surface area contributed by atoms with Gasteiger partial charge in [-0.2, -0.15) is 4.33 Å². The zero-order chi connectivity index (χ0) is 24.3. The average molecular weight is 539 g/mol. The molecule has 0 aliphatic heterocycles. The second-order valence-corrected chi connectivity index (χ2v) is 11.0. The number of urea groups is 1. The number of amides is 2. The van der Waals surface area contributed by atoms with Crippen LogP contribution in [-0.2, 0) is 19.2 Å². The van der Waals surface area contributed by atoms with E-state index in [0.717, 1.165) is 28.8 Å². The van der Waals surface area contributed by atoms with Crippen molar-refractivity contribution in [1.29, 1.82) is 0 Å². The molecule has 0 aliphatic carbocycles. The number of anilines is 1. The summed E-state index contributed by atoms with van der Waals surface area (Å²) in [4.78, 5) is 34.6. The monoisotopic (exact) mass is 538 g/mol. The summed E-state index contributed by atoms with van der Waals surface area (Å²) in [7, 11) is -2.68. The lowest BCUT2D eigenvalue weighted by Crippen LogP contribution is -2.34. The van der Waals surface area contributed by atoms with Gasteiger partial charge in [-0.05, 0) is 47.9 Å². The number of pyridine rings is 2. The van der Waals surface area contributed by atoms with Gasteiger partial charge in [0.25, 0.3) is 15.6 Å². The van der Waals surface area contributed by atoms with Crippen molar-refractivity contribution >= 4 is 67.5 Å². The first-order valence-corrected chi connectivity index (χ1v) is 12.8. The third-order valence-electron chi connectivity index (χ3n) is 4.37. The number of aromatic nitrogens is 2. The average Bonchev–Trinajstić information content (AvgIpc) is 3.26. The predicted octanol–water partition coefficient (Wildman–Crippen LogP) is 4.20. The van der Waals surface area contributed by atoms with E-state index < -0.39 is 16.1 Å². The lowest BCUT2D eigenvalue weighted by molar-refractivity contribution is -0.160. The maximum Gasteiger partial charge on any atom is 0.333 e. The molecule has 0 bridgehead atoms. The Hall–Kier alpha value is -2.94. The number of halogens is 1. The van der Waals surface area contributed by atoms with Gasteiger partial charge in [0.15, 0.2) is 0 Å². The number of fused-ring (bicyclic) bond motifs is 1. The Morgan fingerprint density at radius 1 is 1.18 bits per heavy atom. The Morgan fingerprint density at radius 3 is 2.68 bits per heavy atom. The van der Waals surface area contributed by atoms with E-state index >= 15 is 0 Å². The minimum atomic E-state index is -4.06. The van der Waals surface area contributed by atoms with Crippen LogP contribution in [0.25, 0.3) is 16.6 Å². The molecule has 0 spiro atoms. The Bertz CT molecular complexity index is 1520. The van der Waals surface area contributed by atoms with Gasteiger partial charge in [-0.3, -0.25) is 9.36 Å². The van der Waals surface area contributed by atoms with Crippen LogP contribution >= 0.6 is 35.0 Å². The number of nitrogens with zero attached hydrogens (tertiary/aromatic N) is 2. The second kappa shape index (κ2) is 10.1. The molecule has 3 aromatic heterocycles. The quantitative estimate of drug-likeness (QED) is 0.203. The molecule has 4 aromatic rings. The number of sulfonamides is 1. The Balaban J connectivity index is 1.51. The normalized spacial score (nSPS) is 11.5. The summed E-state index contributed by atoms with van der Waals surface area (Å²) in [6.07, 6.45) is 2.89. The fourth-order valence-corrected chi connectivity index (χ4v) is 5.72. The van der Waals surface area contributed by atoms with Crippen molar-refractivity contribution < 1.29 is 22.4 Å². The lowest BCUT2D eigenvalue weighted by Gasteiger charge is -2.10. The molecule has 4 rings (SSSR count).